The summed E-state index contributed by atoms with van der Waals surface area (Å²) in [6, 6.07) is 23.8. The number of carbonyl (C=O) groups is 1. The third-order valence-corrected chi connectivity index (χ3v) is 3.67. The van der Waals surface area contributed by atoms with Gasteiger partial charge < -0.3 is 15.4 Å². The number of hydrogen-bond donors (Lipinski definition) is 2. The Morgan fingerprint density at radius 1 is 0.750 bits per heavy atom. The number of hydrogen-bond acceptors (Lipinski definition) is 2. The minimum atomic E-state index is -0.301. The third-order valence-electron chi connectivity index (χ3n) is 3.17. The molecule has 0 aliphatic rings. The van der Waals surface area contributed by atoms with E-state index in [0.29, 0.717) is 17.1 Å². The second kappa shape index (κ2) is 7.66. The minimum Gasteiger partial charge on any atom is -0.457 e. The van der Waals surface area contributed by atoms with E-state index >= 15 is 0 Å². The molecule has 3 aromatic rings. The van der Waals surface area contributed by atoms with Crippen LogP contribution in [-0.2, 0) is 0 Å². The van der Waals surface area contributed by atoms with Crippen LogP contribution in [0.1, 0.15) is 0 Å². The van der Waals surface area contributed by atoms with Crippen molar-refractivity contribution in [3.05, 3.63) is 83.3 Å². The van der Waals surface area contributed by atoms with Crippen LogP contribution in [0.5, 0.6) is 11.5 Å². The zero-order valence-electron chi connectivity index (χ0n) is 12.7. The van der Waals surface area contributed by atoms with Crippen LogP contribution >= 0.6 is 15.9 Å². The summed E-state index contributed by atoms with van der Waals surface area (Å²) in [5.74, 6) is 1.48. The molecule has 0 radical (unpaired) electrons. The van der Waals surface area contributed by atoms with Gasteiger partial charge in [-0.1, -0.05) is 40.2 Å². The Kier molecular flexibility index (Phi) is 5.13. The fourth-order valence-corrected chi connectivity index (χ4v) is 2.49. The first kappa shape index (κ1) is 16.1. The maximum atomic E-state index is 12.0. The zero-order chi connectivity index (χ0) is 16.8. The van der Waals surface area contributed by atoms with E-state index in [4.69, 9.17) is 4.74 Å². The molecule has 0 heterocycles. The van der Waals surface area contributed by atoms with E-state index in [2.05, 4.69) is 26.6 Å². The van der Waals surface area contributed by atoms with Gasteiger partial charge in [-0.25, -0.2) is 4.79 Å². The Morgan fingerprint density at radius 2 is 1.42 bits per heavy atom. The van der Waals surface area contributed by atoms with E-state index in [1.54, 1.807) is 12.1 Å². The fourth-order valence-electron chi connectivity index (χ4n) is 2.09. The maximum absolute atomic E-state index is 12.0. The Balaban J connectivity index is 1.58. The summed E-state index contributed by atoms with van der Waals surface area (Å²) < 4.78 is 6.62. The molecule has 0 fully saturated rings. The molecule has 120 valence electrons. The van der Waals surface area contributed by atoms with Gasteiger partial charge in [0.05, 0.1) is 0 Å². The van der Waals surface area contributed by atoms with Crippen molar-refractivity contribution in [3.8, 4) is 11.5 Å². The molecular formula is C19H15BrN2O2. The third kappa shape index (κ3) is 4.60. The van der Waals surface area contributed by atoms with Crippen LogP contribution in [-0.4, -0.2) is 6.03 Å². The highest BCUT2D eigenvalue weighted by molar-refractivity contribution is 9.10. The number of carbonyl (C=O) groups excluding carboxylic acids is 1. The average Bonchev–Trinajstić information content (AvgIpc) is 2.57. The predicted molar refractivity (Wildman–Crippen MR) is 99.7 cm³/mol. The molecule has 5 heteroatoms. The van der Waals surface area contributed by atoms with Crippen molar-refractivity contribution in [2.75, 3.05) is 10.6 Å². The lowest BCUT2D eigenvalue weighted by Gasteiger charge is -2.09. The van der Waals surface area contributed by atoms with Crippen molar-refractivity contribution in [1.82, 2.24) is 0 Å². The van der Waals surface area contributed by atoms with Gasteiger partial charge in [-0.15, -0.1) is 0 Å². The van der Waals surface area contributed by atoms with Gasteiger partial charge in [-0.2, -0.15) is 0 Å². The van der Waals surface area contributed by atoms with Crippen LogP contribution in [0.3, 0.4) is 0 Å². The van der Waals surface area contributed by atoms with E-state index in [0.717, 1.165) is 10.2 Å². The first-order chi connectivity index (χ1) is 11.7. The quantitative estimate of drug-likeness (QED) is 0.591. The first-order valence-corrected chi connectivity index (χ1v) is 8.15. The highest BCUT2D eigenvalue weighted by Crippen LogP contribution is 2.23. The van der Waals surface area contributed by atoms with Crippen molar-refractivity contribution in [1.29, 1.82) is 0 Å². The molecule has 0 saturated heterocycles. The Hall–Kier alpha value is -2.79. The summed E-state index contributed by atoms with van der Waals surface area (Å²) in [7, 11) is 0. The molecule has 0 spiro atoms. The summed E-state index contributed by atoms with van der Waals surface area (Å²) in [5, 5.41) is 5.55. The Morgan fingerprint density at radius 3 is 2.12 bits per heavy atom. The molecule has 0 atom stereocenters. The number of halogens is 1. The van der Waals surface area contributed by atoms with Gasteiger partial charge in [-0.05, 0) is 54.6 Å². The maximum Gasteiger partial charge on any atom is 0.323 e. The van der Waals surface area contributed by atoms with Crippen molar-refractivity contribution in [3.63, 3.8) is 0 Å². The number of benzene rings is 3. The number of rotatable bonds is 4. The van der Waals surface area contributed by atoms with Crippen LogP contribution in [0.25, 0.3) is 0 Å². The van der Waals surface area contributed by atoms with Gasteiger partial charge in [0.1, 0.15) is 11.5 Å². The molecule has 0 aliphatic carbocycles. The van der Waals surface area contributed by atoms with Gasteiger partial charge in [0, 0.05) is 15.8 Å². The summed E-state index contributed by atoms with van der Waals surface area (Å²) in [6.07, 6.45) is 0. The standard InChI is InChI=1S/C19H15BrN2O2/c20-14-5-4-6-16(13-14)22-19(23)21-15-9-11-18(12-10-15)24-17-7-2-1-3-8-17/h1-13H,(H2,21,22,23). The van der Waals surface area contributed by atoms with Gasteiger partial charge in [0.2, 0.25) is 0 Å². The van der Waals surface area contributed by atoms with E-state index in [1.807, 2.05) is 66.7 Å². The minimum absolute atomic E-state index is 0.301. The highest BCUT2D eigenvalue weighted by atomic mass is 79.9. The molecule has 0 aromatic heterocycles. The monoisotopic (exact) mass is 382 g/mol. The zero-order valence-corrected chi connectivity index (χ0v) is 14.3. The molecule has 0 bridgehead atoms. The molecule has 24 heavy (non-hydrogen) atoms. The number of para-hydroxylation sites is 1. The highest BCUT2D eigenvalue weighted by Gasteiger charge is 2.04. The molecule has 3 rings (SSSR count). The average molecular weight is 383 g/mol. The Bertz CT molecular complexity index is 820. The largest absolute Gasteiger partial charge is 0.457 e. The molecule has 0 saturated carbocycles. The van der Waals surface area contributed by atoms with Gasteiger partial charge in [0.25, 0.3) is 0 Å². The van der Waals surface area contributed by atoms with Crippen molar-refractivity contribution < 1.29 is 9.53 Å². The lowest BCUT2D eigenvalue weighted by atomic mass is 10.3. The van der Waals surface area contributed by atoms with Crippen LogP contribution < -0.4 is 15.4 Å². The first-order valence-electron chi connectivity index (χ1n) is 7.35. The van der Waals surface area contributed by atoms with Gasteiger partial charge >= 0.3 is 6.03 Å². The van der Waals surface area contributed by atoms with Crippen molar-refractivity contribution >= 4 is 33.3 Å². The molecular weight excluding hydrogens is 368 g/mol. The molecule has 4 nitrogen and oxygen atoms in total. The molecule has 0 unspecified atom stereocenters. The van der Waals surface area contributed by atoms with Crippen molar-refractivity contribution in [2.45, 2.75) is 0 Å². The number of amides is 2. The Labute approximate surface area is 148 Å². The second-order valence-electron chi connectivity index (χ2n) is 5.03. The smallest absolute Gasteiger partial charge is 0.323 e. The molecule has 3 aromatic carbocycles. The predicted octanol–water partition coefficient (Wildman–Crippen LogP) is 5.89. The second-order valence-corrected chi connectivity index (χ2v) is 5.94. The summed E-state index contributed by atoms with van der Waals surface area (Å²) in [4.78, 5) is 12.0. The fraction of sp³-hybridized carbons (Fsp3) is 0. The normalized spacial score (nSPS) is 10.0. The van der Waals surface area contributed by atoms with E-state index in [9.17, 15) is 4.79 Å². The van der Waals surface area contributed by atoms with Gasteiger partial charge in [-0.3, -0.25) is 0 Å². The lowest BCUT2D eigenvalue weighted by Crippen LogP contribution is -2.19. The van der Waals surface area contributed by atoms with Crippen LogP contribution in [0.2, 0.25) is 0 Å². The summed E-state index contributed by atoms with van der Waals surface area (Å²) in [6.45, 7) is 0. The molecule has 2 amide bonds. The SMILES string of the molecule is O=C(Nc1ccc(Oc2ccccc2)cc1)Nc1cccc(Br)c1. The van der Waals surface area contributed by atoms with E-state index in [-0.39, 0.29) is 6.03 Å². The number of urea groups is 1. The summed E-state index contributed by atoms with van der Waals surface area (Å²) >= 11 is 3.37. The van der Waals surface area contributed by atoms with Crippen LogP contribution in [0.4, 0.5) is 16.2 Å². The number of nitrogens with one attached hydrogen (secondary N) is 2. The van der Waals surface area contributed by atoms with Crippen LogP contribution in [0, 0.1) is 0 Å². The van der Waals surface area contributed by atoms with E-state index in [1.165, 1.54) is 0 Å². The lowest BCUT2D eigenvalue weighted by molar-refractivity contribution is 0.262. The van der Waals surface area contributed by atoms with E-state index < -0.39 is 0 Å². The topological polar surface area (TPSA) is 50.4 Å². The molecule has 0 aliphatic heterocycles. The number of ether oxygens (including phenoxy) is 1. The van der Waals surface area contributed by atoms with Gasteiger partial charge in [0.15, 0.2) is 0 Å². The summed E-state index contributed by atoms with van der Waals surface area (Å²) in [5.41, 5.74) is 1.40. The molecule has 2 N–H and O–H groups in total. The van der Waals surface area contributed by atoms with Crippen LogP contribution in [0.15, 0.2) is 83.3 Å². The van der Waals surface area contributed by atoms with Crippen molar-refractivity contribution in [2.24, 2.45) is 0 Å². The number of anilines is 2.